The molecule has 0 fully saturated rings. The number of benzene rings is 6. The van der Waals surface area contributed by atoms with E-state index in [-0.39, 0.29) is 0 Å². The summed E-state index contributed by atoms with van der Waals surface area (Å²) in [7, 11) is 0. The van der Waals surface area contributed by atoms with E-state index >= 15 is 0 Å². The van der Waals surface area contributed by atoms with Crippen LogP contribution < -0.4 is 11.5 Å². The smallest absolute Gasteiger partial charge is 0.0343 e. The van der Waals surface area contributed by atoms with E-state index in [1.54, 1.807) is 6.20 Å². The molecule has 2 heteroatoms. The van der Waals surface area contributed by atoms with E-state index in [2.05, 4.69) is 128 Å². The Labute approximate surface area is 254 Å². The van der Waals surface area contributed by atoms with Crippen molar-refractivity contribution in [3.8, 4) is 22.3 Å². The topological polar surface area (TPSA) is 52.0 Å². The molecule has 6 rings (SSSR count). The Hall–Kier alpha value is -5.34. The number of rotatable bonds is 6. The summed E-state index contributed by atoms with van der Waals surface area (Å²) >= 11 is 0. The van der Waals surface area contributed by atoms with Gasteiger partial charge >= 0.3 is 0 Å². The Kier molecular flexibility index (Phi) is 7.68. The van der Waals surface area contributed by atoms with Crippen molar-refractivity contribution in [2.24, 2.45) is 11.5 Å². The fourth-order valence-electron chi connectivity index (χ4n) is 5.93. The summed E-state index contributed by atoms with van der Waals surface area (Å²) in [6, 6.07) is 41.8. The largest absolute Gasteiger partial charge is 0.404 e. The van der Waals surface area contributed by atoms with Crippen LogP contribution in [0.25, 0.3) is 60.1 Å². The van der Waals surface area contributed by atoms with Crippen LogP contribution in [-0.4, -0.2) is 0 Å². The van der Waals surface area contributed by atoms with Crippen LogP contribution in [0.1, 0.15) is 26.3 Å². The molecule has 0 atom stereocenters. The predicted octanol–water partition coefficient (Wildman–Crippen LogP) is 10.5. The quantitative estimate of drug-likeness (QED) is 0.158. The third kappa shape index (κ3) is 5.48. The molecule has 0 aliphatic heterocycles. The summed E-state index contributed by atoms with van der Waals surface area (Å²) in [5.41, 5.74) is 21.9. The van der Waals surface area contributed by atoms with Gasteiger partial charge in [-0.3, -0.25) is 0 Å². The van der Waals surface area contributed by atoms with E-state index in [0.717, 1.165) is 28.0 Å². The Bertz CT molecular complexity index is 2060. The number of fused-ring (bicyclic) bond motifs is 3. The minimum Gasteiger partial charge on any atom is -0.404 e. The fourth-order valence-corrected chi connectivity index (χ4v) is 5.93. The summed E-state index contributed by atoms with van der Waals surface area (Å²) < 4.78 is 0. The molecule has 0 radical (unpaired) electrons. The summed E-state index contributed by atoms with van der Waals surface area (Å²) in [5, 5.41) is 7.50. The lowest BCUT2D eigenvalue weighted by molar-refractivity contribution is 1.27. The predicted molar refractivity (Wildman–Crippen MR) is 187 cm³/mol. The molecule has 6 aromatic carbocycles. The zero-order valence-corrected chi connectivity index (χ0v) is 24.9. The summed E-state index contributed by atoms with van der Waals surface area (Å²) in [6.45, 7) is 6.09. The maximum absolute atomic E-state index is 6.36. The van der Waals surface area contributed by atoms with Crippen molar-refractivity contribution < 1.29 is 0 Å². The number of hydrogen-bond donors (Lipinski definition) is 2. The molecule has 0 saturated heterocycles. The van der Waals surface area contributed by atoms with Crippen molar-refractivity contribution in [2.75, 3.05) is 0 Å². The van der Waals surface area contributed by atoms with Crippen LogP contribution >= 0.6 is 0 Å². The second kappa shape index (κ2) is 11.9. The average molecular weight is 557 g/mol. The van der Waals surface area contributed by atoms with Crippen molar-refractivity contribution >= 4 is 37.9 Å². The monoisotopic (exact) mass is 556 g/mol. The Morgan fingerprint density at radius 1 is 0.558 bits per heavy atom. The van der Waals surface area contributed by atoms with E-state index in [0.29, 0.717) is 0 Å². The van der Waals surface area contributed by atoms with Crippen LogP contribution in [0, 0.1) is 0 Å². The molecular formula is C41H36N2. The van der Waals surface area contributed by atoms with Gasteiger partial charge in [-0.2, -0.15) is 0 Å². The van der Waals surface area contributed by atoms with Crippen molar-refractivity contribution in [1.82, 2.24) is 0 Å². The molecule has 4 N–H and O–H groups in total. The lowest BCUT2D eigenvalue weighted by atomic mass is 9.85. The van der Waals surface area contributed by atoms with Crippen LogP contribution in [0.5, 0.6) is 0 Å². The minimum atomic E-state index is 0.720. The van der Waals surface area contributed by atoms with Gasteiger partial charge in [-0.1, -0.05) is 115 Å². The Balaban J connectivity index is 1.52. The molecule has 0 spiro atoms. The Morgan fingerprint density at radius 3 is 1.72 bits per heavy atom. The van der Waals surface area contributed by atoms with Crippen molar-refractivity contribution in [3.63, 3.8) is 0 Å². The third-order valence-electron chi connectivity index (χ3n) is 8.25. The van der Waals surface area contributed by atoms with Crippen LogP contribution in [0.3, 0.4) is 0 Å². The van der Waals surface area contributed by atoms with E-state index in [9.17, 15) is 0 Å². The van der Waals surface area contributed by atoms with Crippen LogP contribution in [-0.2, 0) is 0 Å². The van der Waals surface area contributed by atoms with Gasteiger partial charge in [0.25, 0.3) is 0 Å². The molecule has 0 saturated carbocycles. The molecule has 0 amide bonds. The molecule has 0 heterocycles. The van der Waals surface area contributed by atoms with Gasteiger partial charge in [-0.15, -0.1) is 0 Å². The molecule has 0 bridgehead atoms. The highest BCUT2D eigenvalue weighted by molar-refractivity contribution is 6.21. The summed E-state index contributed by atoms with van der Waals surface area (Å²) in [6.07, 6.45) is 7.64. The standard InChI is InChI=1S/C41H36N2/c1-27(26-42)23-29(3)39(43)22-19-28(2)31-13-10-14-33(24-31)40-35-15-6-8-17-37(35)41(38-18-9-7-16-36(38)40)34-21-20-30-11-4-5-12-32(30)25-34/h4-26H,42-43H2,1-3H3/b27-26-,28-19+,29-23+,39-22-. The SMILES string of the molecule is CC(=C/N)/C=C(C)/C(N)=C/C=C(\C)c1cccc(-c2c3ccccc3c(-c3ccc4ccccc4c3)c3ccccc23)c1. The molecule has 0 aliphatic carbocycles. The van der Waals surface area contributed by atoms with E-state index in [1.807, 2.05) is 26.0 Å². The molecule has 2 nitrogen and oxygen atoms in total. The first-order valence-corrected chi connectivity index (χ1v) is 14.7. The normalized spacial score (nSPS) is 13.3. The lowest BCUT2D eigenvalue weighted by Crippen LogP contribution is -1.98. The first-order valence-electron chi connectivity index (χ1n) is 14.7. The minimum absolute atomic E-state index is 0.720. The Morgan fingerprint density at radius 2 is 1.12 bits per heavy atom. The van der Waals surface area contributed by atoms with Gasteiger partial charge in [0, 0.05) is 5.70 Å². The maximum Gasteiger partial charge on any atom is 0.0343 e. The van der Waals surface area contributed by atoms with Gasteiger partial charge in [0.2, 0.25) is 0 Å². The summed E-state index contributed by atoms with van der Waals surface area (Å²) in [4.78, 5) is 0. The van der Waals surface area contributed by atoms with E-state index in [1.165, 1.54) is 54.6 Å². The molecule has 43 heavy (non-hydrogen) atoms. The average Bonchev–Trinajstić information content (AvgIpc) is 3.05. The zero-order chi connectivity index (χ0) is 29.9. The first-order chi connectivity index (χ1) is 20.9. The van der Waals surface area contributed by atoms with E-state index in [4.69, 9.17) is 11.5 Å². The molecule has 0 aliphatic rings. The highest BCUT2D eigenvalue weighted by Crippen LogP contribution is 2.44. The van der Waals surface area contributed by atoms with Crippen LogP contribution in [0.4, 0.5) is 0 Å². The molecule has 0 unspecified atom stereocenters. The van der Waals surface area contributed by atoms with Gasteiger partial charge in [0.05, 0.1) is 0 Å². The van der Waals surface area contributed by atoms with Crippen LogP contribution in [0.15, 0.2) is 157 Å². The van der Waals surface area contributed by atoms with Gasteiger partial charge in [-0.25, -0.2) is 0 Å². The fraction of sp³-hybridized carbons (Fsp3) is 0.0732. The number of nitrogens with two attached hydrogens (primary N) is 2. The third-order valence-corrected chi connectivity index (χ3v) is 8.25. The van der Waals surface area contributed by atoms with Crippen molar-refractivity contribution in [3.05, 3.63) is 162 Å². The zero-order valence-electron chi connectivity index (χ0n) is 24.9. The molecular weight excluding hydrogens is 520 g/mol. The second-order valence-electron chi connectivity index (χ2n) is 11.2. The van der Waals surface area contributed by atoms with E-state index < -0.39 is 0 Å². The van der Waals surface area contributed by atoms with Gasteiger partial charge in [0.15, 0.2) is 0 Å². The van der Waals surface area contributed by atoms with Gasteiger partial charge in [-0.05, 0) is 122 Å². The number of allylic oxidation sites excluding steroid dienone is 6. The van der Waals surface area contributed by atoms with Crippen LogP contribution in [0.2, 0.25) is 0 Å². The van der Waals surface area contributed by atoms with Crippen molar-refractivity contribution in [1.29, 1.82) is 0 Å². The first kappa shape index (κ1) is 27.8. The molecule has 6 aromatic rings. The molecule has 210 valence electrons. The highest BCUT2D eigenvalue weighted by atomic mass is 14.6. The van der Waals surface area contributed by atoms with Crippen molar-refractivity contribution in [2.45, 2.75) is 20.8 Å². The number of hydrogen-bond acceptors (Lipinski definition) is 2. The van der Waals surface area contributed by atoms with Gasteiger partial charge < -0.3 is 11.5 Å². The lowest BCUT2D eigenvalue weighted by Gasteiger charge is -2.18. The highest BCUT2D eigenvalue weighted by Gasteiger charge is 2.17. The molecule has 0 aromatic heterocycles. The van der Waals surface area contributed by atoms with Gasteiger partial charge in [0.1, 0.15) is 0 Å². The summed E-state index contributed by atoms with van der Waals surface area (Å²) in [5.74, 6) is 0. The maximum atomic E-state index is 6.36. The second-order valence-corrected chi connectivity index (χ2v) is 11.2.